The smallest absolute Gasteiger partial charge is 0.258 e. The van der Waals surface area contributed by atoms with Gasteiger partial charge in [-0.3, -0.25) is 9.20 Å². The van der Waals surface area contributed by atoms with Gasteiger partial charge in [-0.05, 0) is 25.0 Å². The molecule has 1 N–H and O–H groups in total. The fourth-order valence-electron chi connectivity index (χ4n) is 2.05. The Balaban J connectivity index is 1.86. The maximum atomic E-state index is 11.8. The molecule has 88 valence electrons. The fraction of sp³-hybridized carbons (Fsp3) is 0.385. The van der Waals surface area contributed by atoms with Gasteiger partial charge in [0.25, 0.3) is 5.56 Å². The van der Waals surface area contributed by atoms with Crippen LogP contribution in [-0.2, 0) is 6.54 Å². The van der Waals surface area contributed by atoms with Gasteiger partial charge in [0.05, 0.1) is 5.69 Å². The molecular formula is C13H15N3O. The van der Waals surface area contributed by atoms with E-state index in [-0.39, 0.29) is 5.56 Å². The van der Waals surface area contributed by atoms with Gasteiger partial charge in [0.15, 0.2) is 0 Å². The summed E-state index contributed by atoms with van der Waals surface area (Å²) < 4.78 is 1.56. The summed E-state index contributed by atoms with van der Waals surface area (Å²) in [5, 5.41) is 3.42. The van der Waals surface area contributed by atoms with Crippen molar-refractivity contribution in [3.63, 3.8) is 0 Å². The van der Waals surface area contributed by atoms with Crippen molar-refractivity contribution in [2.75, 3.05) is 0 Å². The molecule has 17 heavy (non-hydrogen) atoms. The molecule has 0 amide bonds. The molecular weight excluding hydrogens is 214 g/mol. The third kappa shape index (κ3) is 2.08. The summed E-state index contributed by atoms with van der Waals surface area (Å²) in [6.45, 7) is 0.686. The van der Waals surface area contributed by atoms with Gasteiger partial charge in [0.1, 0.15) is 5.65 Å². The molecule has 0 atom stereocenters. The molecule has 1 aliphatic carbocycles. The first kappa shape index (κ1) is 10.5. The Morgan fingerprint density at radius 2 is 2.29 bits per heavy atom. The lowest BCUT2D eigenvalue weighted by atomic mass is 9.93. The van der Waals surface area contributed by atoms with Crippen molar-refractivity contribution in [2.24, 2.45) is 0 Å². The van der Waals surface area contributed by atoms with Crippen LogP contribution in [0.2, 0.25) is 0 Å². The third-order valence-corrected chi connectivity index (χ3v) is 3.30. The predicted octanol–water partition coefficient (Wildman–Crippen LogP) is 1.34. The highest BCUT2D eigenvalue weighted by Gasteiger charge is 2.16. The summed E-state index contributed by atoms with van der Waals surface area (Å²) in [4.78, 5) is 16.3. The van der Waals surface area contributed by atoms with Gasteiger partial charge >= 0.3 is 0 Å². The van der Waals surface area contributed by atoms with Crippen LogP contribution in [0.4, 0.5) is 0 Å². The number of nitrogens with one attached hydrogen (secondary N) is 1. The number of fused-ring (bicyclic) bond motifs is 1. The summed E-state index contributed by atoms with van der Waals surface area (Å²) in [5.41, 5.74) is 1.53. The molecule has 2 aromatic heterocycles. The van der Waals surface area contributed by atoms with Crippen LogP contribution in [0.15, 0.2) is 35.3 Å². The van der Waals surface area contributed by atoms with Gasteiger partial charge in [-0.15, -0.1) is 0 Å². The monoisotopic (exact) mass is 229 g/mol. The Morgan fingerprint density at radius 3 is 3.06 bits per heavy atom. The zero-order valence-corrected chi connectivity index (χ0v) is 9.60. The molecule has 4 heteroatoms. The molecule has 3 rings (SSSR count). The van der Waals surface area contributed by atoms with Crippen LogP contribution in [0.3, 0.4) is 0 Å². The molecule has 1 saturated carbocycles. The number of rotatable bonds is 3. The molecule has 0 saturated heterocycles. The lowest BCUT2D eigenvalue weighted by Crippen LogP contribution is -2.35. The van der Waals surface area contributed by atoms with Crippen LogP contribution < -0.4 is 10.9 Å². The van der Waals surface area contributed by atoms with Crippen LogP contribution in [0.5, 0.6) is 0 Å². The molecule has 4 nitrogen and oxygen atoms in total. The number of nitrogens with zero attached hydrogens (tertiary/aromatic N) is 2. The Hall–Kier alpha value is -1.68. The fourth-order valence-corrected chi connectivity index (χ4v) is 2.05. The van der Waals surface area contributed by atoms with Crippen LogP contribution in [0, 0.1) is 0 Å². The maximum Gasteiger partial charge on any atom is 0.258 e. The van der Waals surface area contributed by atoms with Crippen LogP contribution in [0.1, 0.15) is 25.0 Å². The summed E-state index contributed by atoms with van der Waals surface area (Å²) in [7, 11) is 0. The first-order chi connectivity index (χ1) is 8.33. The van der Waals surface area contributed by atoms with Gasteiger partial charge in [-0.1, -0.05) is 12.5 Å². The molecule has 1 aliphatic rings. The van der Waals surface area contributed by atoms with E-state index in [2.05, 4.69) is 10.3 Å². The van der Waals surface area contributed by atoms with Gasteiger partial charge in [-0.25, -0.2) is 4.98 Å². The Bertz CT molecular complexity index is 586. The molecule has 0 aliphatic heterocycles. The van der Waals surface area contributed by atoms with Crippen LogP contribution in [-0.4, -0.2) is 15.4 Å². The number of hydrogen-bond acceptors (Lipinski definition) is 3. The zero-order valence-electron chi connectivity index (χ0n) is 9.60. The molecule has 0 spiro atoms. The van der Waals surface area contributed by atoms with Crippen LogP contribution >= 0.6 is 0 Å². The Labute approximate surface area is 99.3 Å². The van der Waals surface area contributed by atoms with E-state index >= 15 is 0 Å². The van der Waals surface area contributed by atoms with E-state index in [1.54, 1.807) is 16.7 Å². The minimum atomic E-state index is -0.0130. The second-order valence-corrected chi connectivity index (χ2v) is 4.52. The molecule has 0 unspecified atom stereocenters. The summed E-state index contributed by atoms with van der Waals surface area (Å²) >= 11 is 0. The van der Waals surface area contributed by atoms with Crippen molar-refractivity contribution < 1.29 is 0 Å². The molecule has 2 aromatic rings. The van der Waals surface area contributed by atoms with E-state index in [1.165, 1.54) is 19.3 Å². The first-order valence-corrected chi connectivity index (χ1v) is 6.04. The molecule has 0 bridgehead atoms. The second-order valence-electron chi connectivity index (χ2n) is 4.52. The molecule has 1 fully saturated rings. The van der Waals surface area contributed by atoms with Crippen molar-refractivity contribution >= 4 is 5.65 Å². The van der Waals surface area contributed by atoms with Crippen molar-refractivity contribution in [1.29, 1.82) is 0 Å². The van der Waals surface area contributed by atoms with Crippen molar-refractivity contribution in [1.82, 2.24) is 14.7 Å². The van der Waals surface area contributed by atoms with Crippen molar-refractivity contribution in [3.05, 3.63) is 46.5 Å². The average Bonchev–Trinajstić information content (AvgIpc) is 2.27. The number of hydrogen-bond donors (Lipinski definition) is 1. The van der Waals surface area contributed by atoms with Crippen LogP contribution in [0.25, 0.3) is 5.65 Å². The van der Waals surface area contributed by atoms with Crippen molar-refractivity contribution in [2.45, 2.75) is 31.8 Å². The first-order valence-electron chi connectivity index (χ1n) is 6.04. The predicted molar refractivity (Wildman–Crippen MR) is 65.9 cm³/mol. The van der Waals surface area contributed by atoms with Gasteiger partial charge < -0.3 is 5.32 Å². The van der Waals surface area contributed by atoms with E-state index in [0.717, 1.165) is 5.69 Å². The summed E-state index contributed by atoms with van der Waals surface area (Å²) in [5.74, 6) is 0. The lowest BCUT2D eigenvalue weighted by molar-refractivity contribution is 0.337. The Kier molecular flexibility index (Phi) is 2.65. The summed E-state index contributed by atoms with van der Waals surface area (Å²) in [6.07, 6.45) is 5.54. The third-order valence-electron chi connectivity index (χ3n) is 3.30. The molecule has 2 heterocycles. The number of pyridine rings is 1. The number of aromatic nitrogens is 2. The van der Waals surface area contributed by atoms with E-state index in [0.29, 0.717) is 18.2 Å². The summed E-state index contributed by atoms with van der Waals surface area (Å²) in [6, 6.07) is 7.81. The highest BCUT2D eigenvalue weighted by Crippen LogP contribution is 2.18. The standard InChI is InChI=1S/C13H15N3O/c17-13-8-11(9-14-10-4-3-5-10)15-12-6-1-2-7-16(12)13/h1-2,6-8,10,14H,3-5,9H2. The highest BCUT2D eigenvalue weighted by molar-refractivity contribution is 5.37. The van der Waals surface area contributed by atoms with E-state index in [9.17, 15) is 4.79 Å². The highest BCUT2D eigenvalue weighted by atomic mass is 16.1. The molecule has 0 aromatic carbocycles. The minimum Gasteiger partial charge on any atom is -0.308 e. The largest absolute Gasteiger partial charge is 0.308 e. The SMILES string of the molecule is O=c1cc(CNC2CCC2)nc2ccccn12. The van der Waals surface area contributed by atoms with E-state index < -0.39 is 0 Å². The normalized spacial score (nSPS) is 16.0. The lowest BCUT2D eigenvalue weighted by Gasteiger charge is -2.26. The zero-order chi connectivity index (χ0) is 11.7. The van der Waals surface area contributed by atoms with Gasteiger partial charge in [0, 0.05) is 24.8 Å². The van der Waals surface area contributed by atoms with Gasteiger partial charge in [-0.2, -0.15) is 0 Å². The topological polar surface area (TPSA) is 46.4 Å². The quantitative estimate of drug-likeness (QED) is 0.863. The maximum absolute atomic E-state index is 11.8. The Morgan fingerprint density at radius 1 is 1.41 bits per heavy atom. The minimum absolute atomic E-state index is 0.0130. The average molecular weight is 229 g/mol. The molecule has 0 radical (unpaired) electrons. The van der Waals surface area contributed by atoms with Crippen molar-refractivity contribution in [3.8, 4) is 0 Å². The van der Waals surface area contributed by atoms with E-state index in [1.807, 2.05) is 18.2 Å². The van der Waals surface area contributed by atoms with E-state index in [4.69, 9.17) is 0 Å². The second kappa shape index (κ2) is 4.30. The van der Waals surface area contributed by atoms with Gasteiger partial charge in [0.2, 0.25) is 0 Å².